The van der Waals surface area contributed by atoms with E-state index in [1.165, 1.54) is 0 Å². The molecule has 5 nitrogen and oxygen atoms in total. The molecule has 0 aromatic heterocycles. The number of hydrogen-bond acceptors (Lipinski definition) is 3. The third kappa shape index (κ3) is 3.42. The molecule has 1 atom stereocenters. The second kappa shape index (κ2) is 7.76. The molecule has 2 amide bonds. The Labute approximate surface area is 174 Å². The van der Waals surface area contributed by atoms with Crippen molar-refractivity contribution in [3.05, 3.63) is 65.2 Å². The van der Waals surface area contributed by atoms with E-state index >= 15 is 0 Å². The van der Waals surface area contributed by atoms with Crippen LogP contribution in [0.2, 0.25) is 5.02 Å². The summed E-state index contributed by atoms with van der Waals surface area (Å²) < 4.78 is 5.52. The highest BCUT2D eigenvalue weighted by Gasteiger charge is 2.33. The summed E-state index contributed by atoms with van der Waals surface area (Å²) in [4.78, 5) is 26.6. The monoisotopic (exact) mass is 408 g/mol. The van der Waals surface area contributed by atoms with Crippen LogP contribution in [0.15, 0.2) is 54.6 Å². The maximum Gasteiger partial charge on any atom is 0.255 e. The van der Waals surface area contributed by atoms with Crippen molar-refractivity contribution in [1.82, 2.24) is 4.90 Å². The quantitative estimate of drug-likeness (QED) is 0.701. The number of fused-ring (bicyclic) bond motifs is 1. The molecule has 1 saturated heterocycles. The lowest BCUT2D eigenvalue weighted by Gasteiger charge is -2.23. The van der Waals surface area contributed by atoms with Gasteiger partial charge in [-0.25, -0.2) is 0 Å². The molecule has 29 heavy (non-hydrogen) atoms. The maximum absolute atomic E-state index is 13.3. The Hall–Kier alpha value is -3.05. The fraction of sp³-hybridized carbons (Fsp3) is 0.217. The zero-order valence-corrected chi connectivity index (χ0v) is 16.8. The average molecular weight is 409 g/mol. The summed E-state index contributed by atoms with van der Waals surface area (Å²) in [5, 5.41) is 2.33. The molecule has 1 aliphatic heterocycles. The van der Waals surface area contributed by atoms with Crippen LogP contribution in [0.5, 0.6) is 5.75 Å². The van der Waals surface area contributed by atoms with Gasteiger partial charge in [-0.1, -0.05) is 41.9 Å². The van der Waals surface area contributed by atoms with Gasteiger partial charge in [0.05, 0.1) is 7.11 Å². The van der Waals surface area contributed by atoms with Gasteiger partial charge in [-0.15, -0.1) is 0 Å². The van der Waals surface area contributed by atoms with Crippen molar-refractivity contribution in [3.63, 3.8) is 0 Å². The summed E-state index contributed by atoms with van der Waals surface area (Å²) >= 11 is 6.23. The predicted molar refractivity (Wildman–Crippen MR) is 114 cm³/mol. The number of hydrogen-bond donors (Lipinski definition) is 1. The number of primary amides is 1. The molecule has 1 fully saturated rings. The third-order valence-electron chi connectivity index (χ3n) is 5.45. The van der Waals surface area contributed by atoms with Crippen LogP contribution in [0.25, 0.3) is 21.9 Å². The molecule has 0 spiro atoms. The normalized spacial score (nSPS) is 16.2. The molecule has 0 radical (unpaired) electrons. The Kier molecular flexibility index (Phi) is 5.16. The number of carbonyl (C=O) groups is 2. The lowest BCUT2D eigenvalue weighted by atomic mass is 9.94. The number of carbonyl (C=O) groups excluding carboxylic acids is 2. The van der Waals surface area contributed by atoms with Crippen molar-refractivity contribution in [2.24, 2.45) is 5.73 Å². The summed E-state index contributed by atoms with van der Waals surface area (Å²) in [5.41, 5.74) is 7.83. The largest absolute Gasteiger partial charge is 0.496 e. The zero-order valence-electron chi connectivity index (χ0n) is 16.0. The highest BCUT2D eigenvalue weighted by molar-refractivity contribution is 6.31. The summed E-state index contributed by atoms with van der Waals surface area (Å²) in [6.07, 6.45) is 1.38. The van der Waals surface area contributed by atoms with Gasteiger partial charge in [-0.3, -0.25) is 9.59 Å². The molecule has 2 N–H and O–H groups in total. The first-order chi connectivity index (χ1) is 14.0. The number of methoxy groups -OCH3 is 1. The van der Waals surface area contributed by atoms with Crippen molar-refractivity contribution in [2.45, 2.75) is 18.9 Å². The van der Waals surface area contributed by atoms with Crippen molar-refractivity contribution < 1.29 is 14.3 Å². The van der Waals surface area contributed by atoms with Gasteiger partial charge in [0.2, 0.25) is 5.91 Å². The number of likely N-dealkylation sites (tertiary alicyclic amines) is 1. The number of benzene rings is 3. The van der Waals surface area contributed by atoms with E-state index in [1.54, 1.807) is 24.1 Å². The molecule has 3 aromatic rings. The van der Waals surface area contributed by atoms with Gasteiger partial charge >= 0.3 is 0 Å². The molecule has 1 aliphatic rings. The number of amides is 2. The van der Waals surface area contributed by atoms with Gasteiger partial charge in [-0.2, -0.15) is 0 Å². The van der Waals surface area contributed by atoms with Gasteiger partial charge in [-0.05, 0) is 53.4 Å². The Morgan fingerprint density at radius 3 is 2.55 bits per heavy atom. The third-order valence-corrected chi connectivity index (χ3v) is 5.68. The van der Waals surface area contributed by atoms with E-state index in [9.17, 15) is 9.59 Å². The summed E-state index contributed by atoms with van der Waals surface area (Å²) in [7, 11) is 1.62. The molecular formula is C23H21ClN2O3. The SMILES string of the molecule is COc1ccc(Cl)cc1-c1ccc(C(=O)N2CCC[C@H]2C(N)=O)c2ccccc12. The van der Waals surface area contributed by atoms with E-state index in [4.69, 9.17) is 22.1 Å². The predicted octanol–water partition coefficient (Wildman–Crippen LogP) is 4.26. The number of halogens is 1. The number of nitrogens with two attached hydrogens (primary N) is 1. The molecule has 3 aromatic carbocycles. The van der Waals surface area contributed by atoms with Gasteiger partial charge in [0.1, 0.15) is 11.8 Å². The van der Waals surface area contributed by atoms with E-state index < -0.39 is 11.9 Å². The molecule has 1 heterocycles. The highest BCUT2D eigenvalue weighted by Crippen LogP contribution is 2.38. The Morgan fingerprint density at radius 1 is 1.07 bits per heavy atom. The molecule has 0 aliphatic carbocycles. The van der Waals surface area contributed by atoms with Crippen molar-refractivity contribution in [2.75, 3.05) is 13.7 Å². The first kappa shape index (κ1) is 19.3. The van der Waals surface area contributed by atoms with Gasteiger partial charge < -0.3 is 15.4 Å². The van der Waals surface area contributed by atoms with Gasteiger partial charge in [0.15, 0.2) is 0 Å². The lowest BCUT2D eigenvalue weighted by Crippen LogP contribution is -2.43. The molecule has 0 bridgehead atoms. The maximum atomic E-state index is 13.3. The second-order valence-corrected chi connectivity index (χ2v) is 7.55. The van der Waals surface area contributed by atoms with Crippen LogP contribution < -0.4 is 10.5 Å². The first-order valence-corrected chi connectivity index (χ1v) is 9.85. The van der Waals surface area contributed by atoms with E-state index in [0.29, 0.717) is 29.3 Å². The van der Waals surface area contributed by atoms with E-state index in [-0.39, 0.29) is 5.91 Å². The van der Waals surface area contributed by atoms with Gasteiger partial charge in [0, 0.05) is 22.7 Å². The van der Waals surface area contributed by atoms with Crippen LogP contribution in [0, 0.1) is 0 Å². The summed E-state index contributed by atoms with van der Waals surface area (Å²) in [6.45, 7) is 0.532. The Bertz CT molecular complexity index is 1110. The van der Waals surface area contributed by atoms with Crippen molar-refractivity contribution in [1.29, 1.82) is 0 Å². The van der Waals surface area contributed by atoms with Crippen molar-refractivity contribution in [3.8, 4) is 16.9 Å². The standard InChI is InChI=1S/C23H21ClN2O3/c1-29-21-11-8-14(24)13-19(21)17-9-10-18(16-6-3-2-5-15(16)17)23(28)26-12-4-7-20(26)22(25)27/h2-3,5-6,8-11,13,20H,4,7,12H2,1H3,(H2,25,27)/t20-/m0/s1. The van der Waals surface area contributed by atoms with Gasteiger partial charge in [0.25, 0.3) is 5.91 Å². The van der Waals surface area contributed by atoms with Crippen LogP contribution >= 0.6 is 11.6 Å². The van der Waals surface area contributed by atoms with E-state index in [1.807, 2.05) is 42.5 Å². The molecule has 4 rings (SSSR count). The number of rotatable bonds is 4. The minimum Gasteiger partial charge on any atom is -0.496 e. The lowest BCUT2D eigenvalue weighted by molar-refractivity contribution is -0.121. The van der Waals surface area contributed by atoms with E-state index in [2.05, 4.69) is 0 Å². The topological polar surface area (TPSA) is 72.6 Å². The second-order valence-electron chi connectivity index (χ2n) is 7.11. The molecule has 148 valence electrons. The van der Waals surface area contributed by atoms with Crippen LogP contribution in [-0.2, 0) is 4.79 Å². The smallest absolute Gasteiger partial charge is 0.255 e. The summed E-state index contributed by atoms with van der Waals surface area (Å²) in [6, 6.07) is 16.3. The fourth-order valence-corrected chi connectivity index (χ4v) is 4.24. The zero-order chi connectivity index (χ0) is 20.5. The van der Waals surface area contributed by atoms with Crippen LogP contribution in [0.4, 0.5) is 0 Å². The van der Waals surface area contributed by atoms with Crippen LogP contribution in [0.3, 0.4) is 0 Å². The first-order valence-electron chi connectivity index (χ1n) is 9.47. The van der Waals surface area contributed by atoms with Crippen LogP contribution in [-0.4, -0.2) is 36.4 Å². The average Bonchev–Trinajstić information content (AvgIpc) is 3.23. The minimum absolute atomic E-state index is 0.174. The molecule has 0 saturated carbocycles. The molecule has 6 heteroatoms. The highest BCUT2D eigenvalue weighted by atomic mass is 35.5. The van der Waals surface area contributed by atoms with Crippen molar-refractivity contribution >= 4 is 34.2 Å². The number of ether oxygens (including phenoxy) is 1. The molecule has 0 unspecified atom stereocenters. The Balaban J connectivity index is 1.86. The summed E-state index contributed by atoms with van der Waals surface area (Å²) in [5.74, 6) is 0.0690. The fourth-order valence-electron chi connectivity index (χ4n) is 4.07. The Morgan fingerprint density at radius 2 is 1.83 bits per heavy atom. The number of nitrogens with zero attached hydrogens (tertiary/aromatic N) is 1. The molecular weight excluding hydrogens is 388 g/mol. The van der Waals surface area contributed by atoms with E-state index in [0.717, 1.165) is 28.3 Å². The van der Waals surface area contributed by atoms with Crippen LogP contribution in [0.1, 0.15) is 23.2 Å². The minimum atomic E-state index is -0.547.